The van der Waals surface area contributed by atoms with Crippen molar-refractivity contribution in [1.29, 1.82) is 0 Å². The molecule has 92 valence electrons. The number of rotatable bonds is 5. The lowest BCUT2D eigenvalue weighted by Gasteiger charge is -2.15. The molecule has 1 saturated carbocycles. The van der Waals surface area contributed by atoms with Gasteiger partial charge in [-0.3, -0.25) is 4.79 Å². The molecule has 3 heteroatoms. The van der Waals surface area contributed by atoms with Crippen molar-refractivity contribution in [2.45, 2.75) is 32.6 Å². The van der Waals surface area contributed by atoms with E-state index in [0.29, 0.717) is 6.54 Å². The van der Waals surface area contributed by atoms with E-state index in [1.165, 1.54) is 5.56 Å². The molecule has 0 atom stereocenters. The van der Waals surface area contributed by atoms with Crippen molar-refractivity contribution in [3.8, 4) is 0 Å². The summed E-state index contributed by atoms with van der Waals surface area (Å²) >= 11 is 0. The van der Waals surface area contributed by atoms with Crippen LogP contribution >= 0.6 is 0 Å². The van der Waals surface area contributed by atoms with E-state index < -0.39 is 0 Å². The average Bonchev–Trinajstić information content (AvgIpc) is 3.13. The molecule has 3 nitrogen and oxygen atoms in total. The van der Waals surface area contributed by atoms with Crippen molar-refractivity contribution in [1.82, 2.24) is 0 Å². The van der Waals surface area contributed by atoms with Crippen molar-refractivity contribution >= 4 is 11.6 Å². The fourth-order valence-corrected chi connectivity index (χ4v) is 2.06. The second kappa shape index (κ2) is 4.88. The summed E-state index contributed by atoms with van der Waals surface area (Å²) in [7, 11) is 0. The van der Waals surface area contributed by atoms with Crippen molar-refractivity contribution in [2.24, 2.45) is 11.1 Å². The Kier molecular flexibility index (Phi) is 3.48. The first-order valence-corrected chi connectivity index (χ1v) is 6.31. The highest BCUT2D eigenvalue weighted by atomic mass is 16.2. The topological polar surface area (TPSA) is 55.1 Å². The van der Waals surface area contributed by atoms with Crippen LogP contribution in [0.25, 0.3) is 0 Å². The number of amides is 1. The molecule has 1 aromatic carbocycles. The Labute approximate surface area is 102 Å². The zero-order valence-corrected chi connectivity index (χ0v) is 10.3. The molecular formula is C14H20N2O. The van der Waals surface area contributed by atoms with E-state index in [9.17, 15) is 4.79 Å². The molecular weight excluding hydrogens is 212 g/mol. The van der Waals surface area contributed by atoms with Crippen LogP contribution in [0.3, 0.4) is 0 Å². The van der Waals surface area contributed by atoms with E-state index in [0.717, 1.165) is 31.4 Å². The van der Waals surface area contributed by atoms with Crippen molar-refractivity contribution < 1.29 is 4.79 Å². The van der Waals surface area contributed by atoms with E-state index in [1.54, 1.807) is 0 Å². The molecule has 3 N–H and O–H groups in total. The van der Waals surface area contributed by atoms with Gasteiger partial charge in [0.1, 0.15) is 0 Å². The van der Waals surface area contributed by atoms with Gasteiger partial charge in [-0.2, -0.15) is 0 Å². The maximum Gasteiger partial charge on any atom is 0.231 e. The molecule has 0 saturated heterocycles. The quantitative estimate of drug-likeness (QED) is 0.818. The molecule has 1 fully saturated rings. The maximum absolute atomic E-state index is 12.1. The lowest BCUT2D eigenvalue weighted by Crippen LogP contribution is -2.31. The van der Waals surface area contributed by atoms with E-state index >= 15 is 0 Å². The molecule has 0 aromatic heterocycles. The molecule has 0 aliphatic heterocycles. The molecule has 0 radical (unpaired) electrons. The van der Waals surface area contributed by atoms with Gasteiger partial charge in [-0.25, -0.2) is 0 Å². The fourth-order valence-electron chi connectivity index (χ4n) is 2.06. The van der Waals surface area contributed by atoms with Gasteiger partial charge in [0.2, 0.25) is 5.91 Å². The lowest BCUT2D eigenvalue weighted by atomic mass is 10.0. The summed E-state index contributed by atoms with van der Waals surface area (Å²) < 4.78 is 0. The monoisotopic (exact) mass is 232 g/mol. The Morgan fingerprint density at radius 2 is 2.12 bits per heavy atom. The summed E-state index contributed by atoms with van der Waals surface area (Å²) in [5.74, 6) is 0.0866. The van der Waals surface area contributed by atoms with Crippen LogP contribution in [-0.2, 0) is 11.2 Å². The second-order valence-corrected chi connectivity index (χ2v) is 4.85. The standard InChI is InChI=1S/C14H20N2O/c1-2-5-11-6-3-4-7-12(11)16-13(17)14(10-15)8-9-14/h3-4,6-7H,2,5,8-10,15H2,1H3,(H,16,17). The Hall–Kier alpha value is -1.35. The van der Waals surface area contributed by atoms with Gasteiger partial charge in [0.15, 0.2) is 0 Å². The third-order valence-electron chi connectivity index (χ3n) is 3.51. The van der Waals surface area contributed by atoms with Gasteiger partial charge >= 0.3 is 0 Å². The van der Waals surface area contributed by atoms with Gasteiger partial charge in [-0.1, -0.05) is 31.5 Å². The molecule has 0 spiro atoms. The zero-order valence-electron chi connectivity index (χ0n) is 10.3. The van der Waals surface area contributed by atoms with E-state index in [2.05, 4.69) is 18.3 Å². The average molecular weight is 232 g/mol. The van der Waals surface area contributed by atoms with Gasteiger partial charge in [-0.05, 0) is 30.9 Å². The molecule has 1 amide bonds. The summed E-state index contributed by atoms with van der Waals surface area (Å²) in [5.41, 5.74) is 7.53. The molecule has 0 unspecified atom stereocenters. The fraction of sp³-hybridized carbons (Fsp3) is 0.500. The molecule has 1 aromatic rings. The third-order valence-corrected chi connectivity index (χ3v) is 3.51. The predicted molar refractivity (Wildman–Crippen MR) is 69.8 cm³/mol. The third kappa shape index (κ3) is 2.50. The molecule has 17 heavy (non-hydrogen) atoms. The number of carbonyl (C=O) groups excluding carboxylic acids is 1. The number of aryl methyl sites for hydroxylation is 1. The number of hydrogen-bond acceptors (Lipinski definition) is 2. The van der Waals surface area contributed by atoms with Crippen molar-refractivity contribution in [3.63, 3.8) is 0 Å². The van der Waals surface area contributed by atoms with Crippen LogP contribution in [0.15, 0.2) is 24.3 Å². The summed E-state index contributed by atoms with van der Waals surface area (Å²) in [5, 5.41) is 3.03. The minimum absolute atomic E-state index is 0.0866. The minimum atomic E-state index is -0.278. The number of nitrogens with one attached hydrogen (secondary N) is 1. The summed E-state index contributed by atoms with van der Waals surface area (Å²) in [6.45, 7) is 2.59. The highest BCUT2D eigenvalue weighted by Crippen LogP contribution is 2.45. The smallest absolute Gasteiger partial charge is 0.231 e. The van der Waals surface area contributed by atoms with Gasteiger partial charge < -0.3 is 11.1 Å². The first kappa shape index (κ1) is 12.1. The van der Waals surface area contributed by atoms with Crippen LogP contribution in [0.2, 0.25) is 0 Å². The van der Waals surface area contributed by atoms with E-state index in [-0.39, 0.29) is 11.3 Å². The van der Waals surface area contributed by atoms with Crippen LogP contribution < -0.4 is 11.1 Å². The molecule has 2 rings (SSSR count). The number of hydrogen-bond donors (Lipinski definition) is 2. The molecule has 0 bridgehead atoms. The predicted octanol–water partition coefficient (Wildman–Crippen LogP) is 2.32. The van der Waals surface area contributed by atoms with Crippen LogP contribution in [0.1, 0.15) is 31.7 Å². The number of benzene rings is 1. The Morgan fingerprint density at radius 1 is 1.41 bits per heavy atom. The summed E-state index contributed by atoms with van der Waals surface area (Å²) in [6, 6.07) is 8.00. The first-order valence-electron chi connectivity index (χ1n) is 6.31. The van der Waals surface area contributed by atoms with Gasteiger partial charge in [0, 0.05) is 12.2 Å². The Balaban J connectivity index is 2.10. The normalized spacial score (nSPS) is 16.6. The minimum Gasteiger partial charge on any atom is -0.329 e. The molecule has 0 heterocycles. The SMILES string of the molecule is CCCc1ccccc1NC(=O)C1(CN)CC1. The molecule has 1 aliphatic carbocycles. The Morgan fingerprint density at radius 3 is 2.71 bits per heavy atom. The van der Waals surface area contributed by atoms with Crippen molar-refractivity contribution in [3.05, 3.63) is 29.8 Å². The largest absolute Gasteiger partial charge is 0.329 e. The van der Waals surface area contributed by atoms with Gasteiger partial charge in [-0.15, -0.1) is 0 Å². The number of para-hydroxylation sites is 1. The van der Waals surface area contributed by atoms with Crippen LogP contribution in [0.4, 0.5) is 5.69 Å². The van der Waals surface area contributed by atoms with Crippen LogP contribution in [-0.4, -0.2) is 12.5 Å². The van der Waals surface area contributed by atoms with E-state index in [1.807, 2.05) is 18.2 Å². The summed E-state index contributed by atoms with van der Waals surface area (Å²) in [6.07, 6.45) is 3.91. The maximum atomic E-state index is 12.1. The van der Waals surface area contributed by atoms with Crippen molar-refractivity contribution in [2.75, 3.05) is 11.9 Å². The van der Waals surface area contributed by atoms with Gasteiger partial charge in [0.25, 0.3) is 0 Å². The highest BCUT2D eigenvalue weighted by molar-refractivity contribution is 5.97. The van der Waals surface area contributed by atoms with E-state index in [4.69, 9.17) is 5.73 Å². The number of carbonyl (C=O) groups is 1. The first-order chi connectivity index (χ1) is 8.22. The lowest BCUT2D eigenvalue weighted by molar-refractivity contribution is -0.120. The van der Waals surface area contributed by atoms with Gasteiger partial charge in [0.05, 0.1) is 5.41 Å². The Bertz CT molecular complexity index is 410. The number of anilines is 1. The van der Waals surface area contributed by atoms with Crippen LogP contribution in [0.5, 0.6) is 0 Å². The molecule has 1 aliphatic rings. The zero-order chi connectivity index (χ0) is 12.3. The second-order valence-electron chi connectivity index (χ2n) is 4.85. The van der Waals surface area contributed by atoms with Crippen LogP contribution in [0, 0.1) is 5.41 Å². The summed E-state index contributed by atoms with van der Waals surface area (Å²) in [4.78, 5) is 12.1. The number of nitrogens with two attached hydrogens (primary N) is 1. The highest BCUT2D eigenvalue weighted by Gasteiger charge is 2.48.